The summed E-state index contributed by atoms with van der Waals surface area (Å²) < 4.78 is 3.21. The van der Waals surface area contributed by atoms with Crippen LogP contribution in [-0.2, 0) is 0 Å². The Labute approximate surface area is 152 Å². The van der Waals surface area contributed by atoms with E-state index in [1.54, 1.807) is 21.3 Å². The number of aromatic nitrogens is 5. The van der Waals surface area contributed by atoms with Crippen LogP contribution in [0.2, 0.25) is 5.02 Å². The lowest BCUT2D eigenvalue weighted by Crippen LogP contribution is -2.20. The molecule has 3 heterocycles. The van der Waals surface area contributed by atoms with Crippen LogP contribution in [-0.4, -0.2) is 30.4 Å². The topological polar surface area (TPSA) is 65.1 Å². The summed E-state index contributed by atoms with van der Waals surface area (Å²) in [5, 5.41) is 6.13. The highest BCUT2D eigenvalue weighted by atomic mass is 35.5. The fourth-order valence-corrected chi connectivity index (χ4v) is 3.39. The molecule has 3 aromatic heterocycles. The first-order valence-corrected chi connectivity index (χ1v) is 9.19. The molecule has 0 aliphatic carbocycles. The summed E-state index contributed by atoms with van der Waals surface area (Å²) in [5.74, 6) is 0.491. The second-order valence-corrected chi connectivity index (χ2v) is 6.90. The van der Waals surface area contributed by atoms with Gasteiger partial charge in [0.15, 0.2) is 0 Å². The largest absolute Gasteiger partial charge is 0.283 e. The quantitative estimate of drug-likeness (QED) is 0.505. The van der Waals surface area contributed by atoms with Crippen LogP contribution in [0.1, 0.15) is 11.3 Å². The van der Waals surface area contributed by atoms with Crippen molar-refractivity contribution in [2.45, 2.75) is 19.0 Å². The van der Waals surface area contributed by atoms with Crippen molar-refractivity contribution in [2.24, 2.45) is 0 Å². The van der Waals surface area contributed by atoms with E-state index in [1.807, 2.05) is 38.3 Å². The Balaban J connectivity index is 2.09. The lowest BCUT2D eigenvalue weighted by atomic mass is 10.2. The molecule has 126 valence electrons. The summed E-state index contributed by atoms with van der Waals surface area (Å²) in [6, 6.07) is 7.34. The standard InChI is InChI=1S/C17H14ClN5OS/c1-9-4-5-11(18)8-13(9)22-7-6-12-14(15(22)24)10(2)19-16-20-17(25-3)21-23(12)16/h4-8H,1-3H3. The molecule has 8 heteroatoms. The molecular formula is C17H14ClN5OS. The number of rotatable bonds is 2. The van der Waals surface area contributed by atoms with E-state index in [0.717, 1.165) is 11.3 Å². The third-order valence-corrected chi connectivity index (χ3v) is 4.89. The van der Waals surface area contributed by atoms with Gasteiger partial charge in [-0.2, -0.15) is 9.50 Å². The van der Waals surface area contributed by atoms with Gasteiger partial charge in [0.05, 0.1) is 22.3 Å². The van der Waals surface area contributed by atoms with Crippen molar-refractivity contribution in [2.75, 3.05) is 6.26 Å². The summed E-state index contributed by atoms with van der Waals surface area (Å²) in [7, 11) is 0. The zero-order valence-corrected chi connectivity index (χ0v) is 15.4. The van der Waals surface area contributed by atoms with Crippen LogP contribution in [0.3, 0.4) is 0 Å². The highest BCUT2D eigenvalue weighted by Crippen LogP contribution is 2.21. The third-order valence-electron chi connectivity index (χ3n) is 4.11. The van der Waals surface area contributed by atoms with E-state index in [2.05, 4.69) is 15.1 Å². The Bertz CT molecular complexity index is 1200. The molecule has 0 atom stereocenters. The summed E-state index contributed by atoms with van der Waals surface area (Å²) in [6.45, 7) is 3.76. The van der Waals surface area contributed by atoms with Gasteiger partial charge in [-0.3, -0.25) is 9.36 Å². The van der Waals surface area contributed by atoms with Gasteiger partial charge < -0.3 is 0 Å². The molecule has 4 aromatic rings. The van der Waals surface area contributed by atoms with Gasteiger partial charge in [-0.05, 0) is 43.9 Å². The van der Waals surface area contributed by atoms with E-state index in [9.17, 15) is 4.79 Å². The second-order valence-electron chi connectivity index (χ2n) is 5.69. The Hall–Kier alpha value is -2.38. The van der Waals surface area contributed by atoms with Crippen LogP contribution in [0.25, 0.3) is 22.4 Å². The van der Waals surface area contributed by atoms with E-state index in [0.29, 0.717) is 32.6 Å². The van der Waals surface area contributed by atoms with Gasteiger partial charge in [0, 0.05) is 11.2 Å². The normalized spacial score (nSPS) is 11.5. The minimum absolute atomic E-state index is 0.157. The van der Waals surface area contributed by atoms with Crippen molar-refractivity contribution in [3.05, 3.63) is 57.1 Å². The van der Waals surface area contributed by atoms with Gasteiger partial charge in [0.25, 0.3) is 11.3 Å². The first kappa shape index (κ1) is 16.1. The predicted molar refractivity (Wildman–Crippen MR) is 100 cm³/mol. The van der Waals surface area contributed by atoms with E-state index in [-0.39, 0.29) is 5.56 Å². The van der Waals surface area contributed by atoms with Crippen molar-refractivity contribution >= 4 is 40.0 Å². The fraction of sp³-hybridized carbons (Fsp3) is 0.176. The van der Waals surface area contributed by atoms with Crippen molar-refractivity contribution in [3.8, 4) is 5.69 Å². The second kappa shape index (κ2) is 5.86. The Kier molecular flexibility index (Phi) is 3.77. The minimum atomic E-state index is -0.157. The molecule has 0 amide bonds. The highest BCUT2D eigenvalue weighted by Gasteiger charge is 2.15. The number of hydrogen-bond donors (Lipinski definition) is 0. The van der Waals surface area contributed by atoms with Crippen molar-refractivity contribution in [1.82, 2.24) is 24.1 Å². The maximum absolute atomic E-state index is 13.1. The molecule has 1 aromatic carbocycles. The number of thioether (sulfide) groups is 1. The molecule has 0 N–H and O–H groups in total. The van der Waals surface area contributed by atoms with E-state index < -0.39 is 0 Å². The van der Waals surface area contributed by atoms with Gasteiger partial charge in [0.1, 0.15) is 0 Å². The molecule has 25 heavy (non-hydrogen) atoms. The molecule has 0 unspecified atom stereocenters. The zero-order valence-electron chi connectivity index (χ0n) is 13.8. The SMILES string of the molecule is CSc1nc2nc(C)c3c(=O)n(-c4cc(Cl)ccc4C)ccc3n2n1. The summed E-state index contributed by atoms with van der Waals surface area (Å²) >= 11 is 7.55. The van der Waals surface area contributed by atoms with Crippen LogP contribution < -0.4 is 5.56 Å². The average molecular weight is 372 g/mol. The molecule has 0 saturated heterocycles. The van der Waals surface area contributed by atoms with Gasteiger partial charge >= 0.3 is 0 Å². The van der Waals surface area contributed by atoms with Crippen LogP contribution in [0.4, 0.5) is 0 Å². The van der Waals surface area contributed by atoms with E-state index in [4.69, 9.17) is 11.6 Å². The first-order valence-electron chi connectivity index (χ1n) is 7.59. The number of fused-ring (bicyclic) bond motifs is 3. The van der Waals surface area contributed by atoms with Gasteiger partial charge in [-0.1, -0.05) is 29.4 Å². The van der Waals surface area contributed by atoms with Crippen LogP contribution in [0, 0.1) is 13.8 Å². The van der Waals surface area contributed by atoms with Gasteiger partial charge in [0.2, 0.25) is 5.16 Å². The fourth-order valence-electron chi connectivity index (χ4n) is 2.89. The number of aryl methyl sites for hydroxylation is 2. The molecule has 4 rings (SSSR count). The molecule has 0 spiro atoms. The molecule has 0 bridgehead atoms. The number of hydrogen-bond acceptors (Lipinski definition) is 5. The Morgan fingerprint density at radius 3 is 2.72 bits per heavy atom. The van der Waals surface area contributed by atoms with Crippen LogP contribution in [0.15, 0.2) is 40.4 Å². The minimum Gasteiger partial charge on any atom is -0.283 e. The average Bonchev–Trinajstić information content (AvgIpc) is 3.00. The monoisotopic (exact) mass is 371 g/mol. The van der Waals surface area contributed by atoms with E-state index >= 15 is 0 Å². The number of pyridine rings is 1. The number of benzene rings is 1. The van der Waals surface area contributed by atoms with Gasteiger partial charge in [-0.15, -0.1) is 5.10 Å². The lowest BCUT2D eigenvalue weighted by Gasteiger charge is -2.12. The maximum Gasteiger partial charge on any atom is 0.266 e. The van der Waals surface area contributed by atoms with Crippen LogP contribution >= 0.6 is 23.4 Å². The van der Waals surface area contributed by atoms with E-state index in [1.165, 1.54) is 11.8 Å². The summed E-state index contributed by atoms with van der Waals surface area (Å²) in [4.78, 5) is 21.9. The lowest BCUT2D eigenvalue weighted by molar-refractivity contribution is 0.900. The highest BCUT2D eigenvalue weighted by molar-refractivity contribution is 7.98. The molecule has 6 nitrogen and oxygen atoms in total. The van der Waals surface area contributed by atoms with Crippen molar-refractivity contribution in [1.29, 1.82) is 0 Å². The molecule has 0 fully saturated rings. The smallest absolute Gasteiger partial charge is 0.266 e. The third kappa shape index (κ3) is 2.51. The van der Waals surface area contributed by atoms with Crippen molar-refractivity contribution < 1.29 is 0 Å². The van der Waals surface area contributed by atoms with Gasteiger partial charge in [-0.25, -0.2) is 4.98 Å². The summed E-state index contributed by atoms with van der Waals surface area (Å²) in [6.07, 6.45) is 3.64. The molecular weight excluding hydrogens is 358 g/mol. The first-order chi connectivity index (χ1) is 12.0. The van der Waals surface area contributed by atoms with Crippen LogP contribution in [0.5, 0.6) is 0 Å². The number of nitrogens with zero attached hydrogens (tertiary/aromatic N) is 5. The molecule has 0 radical (unpaired) electrons. The summed E-state index contributed by atoms with van der Waals surface area (Å²) in [5.41, 5.74) is 2.87. The zero-order chi connectivity index (χ0) is 17.7. The molecule has 0 saturated carbocycles. The molecule has 0 aliphatic heterocycles. The predicted octanol–water partition coefficient (Wildman–Crippen LogP) is 3.42. The Morgan fingerprint density at radius 1 is 1.16 bits per heavy atom. The number of halogens is 1. The maximum atomic E-state index is 13.1. The van der Waals surface area contributed by atoms with Crippen molar-refractivity contribution in [3.63, 3.8) is 0 Å². The Morgan fingerprint density at radius 2 is 1.96 bits per heavy atom. The molecule has 0 aliphatic rings.